The van der Waals surface area contributed by atoms with Crippen LogP contribution in [0, 0.1) is 5.92 Å². The molecule has 1 aromatic carbocycles. The molecule has 0 unspecified atom stereocenters. The van der Waals surface area contributed by atoms with Gasteiger partial charge in [0.1, 0.15) is 12.4 Å². The van der Waals surface area contributed by atoms with Crippen molar-refractivity contribution in [3.05, 3.63) is 66.2 Å². The lowest BCUT2D eigenvalue weighted by Gasteiger charge is -2.33. The van der Waals surface area contributed by atoms with E-state index in [0.717, 1.165) is 22.5 Å². The zero-order valence-corrected chi connectivity index (χ0v) is 22.5. The number of rotatable bonds is 5. The molecule has 0 radical (unpaired) electrons. The minimum atomic E-state index is -2.61. The van der Waals surface area contributed by atoms with Gasteiger partial charge in [-0.15, -0.1) is 0 Å². The first-order chi connectivity index (χ1) is 19.1. The van der Waals surface area contributed by atoms with Gasteiger partial charge in [-0.2, -0.15) is 0 Å². The van der Waals surface area contributed by atoms with Crippen molar-refractivity contribution in [2.24, 2.45) is 10.9 Å². The molecule has 9 nitrogen and oxygen atoms in total. The predicted molar refractivity (Wildman–Crippen MR) is 151 cm³/mol. The molecule has 208 valence electrons. The number of nitrogens with zero attached hydrogens (tertiary/aromatic N) is 4. The summed E-state index contributed by atoms with van der Waals surface area (Å²) < 4.78 is 27.5. The Kier molecular flexibility index (Phi) is 7.46. The maximum atomic E-state index is 13.7. The van der Waals surface area contributed by atoms with E-state index in [1.54, 1.807) is 44.8 Å². The minimum absolute atomic E-state index is 0.0346. The van der Waals surface area contributed by atoms with Crippen molar-refractivity contribution in [1.82, 2.24) is 14.9 Å². The zero-order valence-electron chi connectivity index (χ0n) is 22.5. The number of halogens is 2. The first kappa shape index (κ1) is 27.2. The van der Waals surface area contributed by atoms with Crippen LogP contribution in [0.25, 0.3) is 11.1 Å². The number of anilines is 3. The van der Waals surface area contributed by atoms with Gasteiger partial charge in [0, 0.05) is 61.6 Å². The van der Waals surface area contributed by atoms with Gasteiger partial charge in [0.05, 0.1) is 23.8 Å². The average Bonchev–Trinajstić information content (AvgIpc) is 2.92. The van der Waals surface area contributed by atoms with Crippen molar-refractivity contribution in [2.45, 2.75) is 38.0 Å². The Hall–Kier alpha value is -4.41. The molecular formula is C29H31F2N7O2. The number of alkyl halides is 2. The highest BCUT2D eigenvalue weighted by Crippen LogP contribution is 2.44. The Morgan fingerprint density at radius 3 is 2.58 bits per heavy atom. The van der Waals surface area contributed by atoms with Crippen LogP contribution in [-0.4, -0.2) is 59.2 Å². The highest BCUT2D eigenvalue weighted by atomic mass is 19.3. The van der Waals surface area contributed by atoms with Crippen LogP contribution in [0.15, 0.2) is 60.0 Å². The summed E-state index contributed by atoms with van der Waals surface area (Å²) in [4.78, 5) is 39.9. The fourth-order valence-electron chi connectivity index (χ4n) is 5.15. The van der Waals surface area contributed by atoms with Gasteiger partial charge in [-0.1, -0.05) is 13.0 Å². The maximum absolute atomic E-state index is 13.7. The van der Waals surface area contributed by atoms with Crippen LogP contribution in [0.5, 0.6) is 0 Å². The van der Waals surface area contributed by atoms with Crippen LogP contribution in [0.2, 0.25) is 0 Å². The summed E-state index contributed by atoms with van der Waals surface area (Å²) in [6, 6.07) is 10.7. The van der Waals surface area contributed by atoms with E-state index < -0.39 is 5.92 Å². The van der Waals surface area contributed by atoms with E-state index in [-0.39, 0.29) is 49.0 Å². The molecule has 1 fully saturated rings. The molecule has 1 aliphatic carbocycles. The van der Waals surface area contributed by atoms with Crippen molar-refractivity contribution in [2.75, 3.05) is 36.7 Å². The van der Waals surface area contributed by atoms with E-state index in [2.05, 4.69) is 30.9 Å². The number of amides is 3. The lowest BCUT2D eigenvalue weighted by atomic mass is 9.76. The number of urea groups is 1. The molecule has 0 spiro atoms. The fourth-order valence-corrected chi connectivity index (χ4v) is 5.15. The number of pyridine rings is 2. The second-order valence-electron chi connectivity index (χ2n) is 10.5. The van der Waals surface area contributed by atoms with Crippen molar-refractivity contribution in [3.63, 3.8) is 0 Å². The number of hydrogen-bond donors (Lipinski definition) is 3. The van der Waals surface area contributed by atoms with Crippen molar-refractivity contribution < 1.29 is 18.4 Å². The molecule has 11 heteroatoms. The SMILES string of the molecule is C[C@@H]1CC(F)(F)CC[C@@H]1c1ccc(NC(=O)C2=NCNc3ccc(-c4cncc(NC(=O)N(C)C)c4)cc32)cn1. The van der Waals surface area contributed by atoms with E-state index in [9.17, 15) is 18.4 Å². The number of nitrogens with one attached hydrogen (secondary N) is 3. The third kappa shape index (κ3) is 5.93. The molecule has 1 aliphatic heterocycles. The second-order valence-corrected chi connectivity index (χ2v) is 10.5. The van der Waals surface area contributed by atoms with Crippen LogP contribution in [0.4, 0.5) is 30.6 Å². The summed E-state index contributed by atoms with van der Waals surface area (Å²) in [5.41, 5.74) is 5.03. The standard InChI is InChI=1S/C29H31F2N7O2/c1-17-12-29(30,31)9-8-22(17)24-7-5-20(15-33-24)36-27(39)26-23-11-18(4-6-25(23)34-16-35-26)19-10-21(14-32-13-19)37-28(40)38(2)3/h4-7,10-11,13-15,17,22,34H,8-9,12,16H2,1-3H3,(H,36,39)(H,37,40)/t17-,22+/m1/s1. The number of benzene rings is 1. The number of carbonyl (C=O) groups excluding carboxylic acids is 2. The number of aliphatic imine (C=N–C) groups is 1. The number of aromatic nitrogens is 2. The van der Waals surface area contributed by atoms with Gasteiger partial charge in [-0.05, 0) is 48.2 Å². The van der Waals surface area contributed by atoms with Crippen molar-refractivity contribution in [1.29, 1.82) is 0 Å². The highest BCUT2D eigenvalue weighted by molar-refractivity contribution is 6.50. The Balaban J connectivity index is 1.32. The molecule has 2 aromatic heterocycles. The van der Waals surface area contributed by atoms with E-state index in [4.69, 9.17) is 0 Å². The van der Waals surface area contributed by atoms with Gasteiger partial charge in [-0.3, -0.25) is 19.8 Å². The molecule has 2 atom stereocenters. The highest BCUT2D eigenvalue weighted by Gasteiger charge is 2.40. The molecule has 0 bridgehead atoms. The van der Waals surface area contributed by atoms with Crippen LogP contribution in [0.3, 0.4) is 0 Å². The Morgan fingerprint density at radius 2 is 1.85 bits per heavy atom. The van der Waals surface area contributed by atoms with Crippen molar-refractivity contribution >= 4 is 34.7 Å². The summed E-state index contributed by atoms with van der Waals surface area (Å²) >= 11 is 0. The first-order valence-electron chi connectivity index (χ1n) is 13.1. The van der Waals surface area contributed by atoms with Gasteiger partial charge in [-0.25, -0.2) is 13.6 Å². The number of hydrogen-bond acceptors (Lipinski definition) is 6. The Labute approximate surface area is 231 Å². The summed E-state index contributed by atoms with van der Waals surface area (Å²) in [5.74, 6) is -3.21. The lowest BCUT2D eigenvalue weighted by Crippen LogP contribution is -2.30. The molecule has 2 aliphatic rings. The van der Waals surface area contributed by atoms with Crippen molar-refractivity contribution in [3.8, 4) is 11.1 Å². The Bertz CT molecular complexity index is 1460. The molecule has 40 heavy (non-hydrogen) atoms. The average molecular weight is 548 g/mol. The normalized spacial score (nSPS) is 19.5. The maximum Gasteiger partial charge on any atom is 0.321 e. The molecule has 3 heterocycles. The molecular weight excluding hydrogens is 516 g/mol. The van der Waals surface area contributed by atoms with Crippen LogP contribution in [-0.2, 0) is 4.79 Å². The first-order valence-corrected chi connectivity index (χ1v) is 13.1. The number of carbonyl (C=O) groups is 2. The van der Waals surface area contributed by atoms with Gasteiger partial charge >= 0.3 is 6.03 Å². The third-order valence-corrected chi connectivity index (χ3v) is 7.28. The topological polar surface area (TPSA) is 112 Å². The summed E-state index contributed by atoms with van der Waals surface area (Å²) in [5, 5.41) is 8.83. The Morgan fingerprint density at radius 1 is 1.02 bits per heavy atom. The molecule has 0 saturated heterocycles. The molecule has 1 saturated carbocycles. The largest absolute Gasteiger partial charge is 0.366 e. The van der Waals surface area contributed by atoms with Crippen LogP contribution >= 0.6 is 0 Å². The fraction of sp³-hybridized carbons (Fsp3) is 0.345. The third-order valence-electron chi connectivity index (χ3n) is 7.28. The van der Waals surface area contributed by atoms with Gasteiger partial charge in [0.25, 0.3) is 5.91 Å². The molecule has 3 aromatic rings. The lowest BCUT2D eigenvalue weighted by molar-refractivity contribution is -0.110. The summed E-state index contributed by atoms with van der Waals surface area (Å²) in [6.45, 7) is 2.09. The monoisotopic (exact) mass is 547 g/mol. The smallest absolute Gasteiger partial charge is 0.321 e. The van der Waals surface area contributed by atoms with E-state index in [1.165, 1.54) is 4.90 Å². The minimum Gasteiger partial charge on any atom is -0.366 e. The molecule has 3 amide bonds. The summed E-state index contributed by atoms with van der Waals surface area (Å²) in [7, 11) is 3.31. The van der Waals surface area contributed by atoms with Gasteiger partial charge in [0.2, 0.25) is 5.92 Å². The van der Waals surface area contributed by atoms with E-state index in [1.807, 2.05) is 31.2 Å². The molecule has 5 rings (SSSR count). The van der Waals surface area contributed by atoms with E-state index >= 15 is 0 Å². The van der Waals surface area contributed by atoms with E-state index in [0.29, 0.717) is 23.4 Å². The second kappa shape index (κ2) is 11.0. The van der Waals surface area contributed by atoms with Gasteiger partial charge < -0.3 is 20.9 Å². The summed E-state index contributed by atoms with van der Waals surface area (Å²) in [6.07, 6.45) is 4.91. The quantitative estimate of drug-likeness (QED) is 0.386. The number of fused-ring (bicyclic) bond motifs is 1. The zero-order chi connectivity index (χ0) is 28.4. The molecule has 3 N–H and O–H groups in total. The van der Waals surface area contributed by atoms with Crippen LogP contribution < -0.4 is 16.0 Å². The van der Waals surface area contributed by atoms with Crippen LogP contribution in [0.1, 0.15) is 43.4 Å². The predicted octanol–water partition coefficient (Wildman–Crippen LogP) is 5.59. The van der Waals surface area contributed by atoms with Gasteiger partial charge in [0.15, 0.2) is 0 Å².